The van der Waals surface area contributed by atoms with Gasteiger partial charge in [0.1, 0.15) is 0 Å². The van der Waals surface area contributed by atoms with Gasteiger partial charge in [0.25, 0.3) is 5.91 Å². The number of nitrogens with one attached hydrogen (secondary N) is 2. The number of aryl methyl sites for hydroxylation is 1. The topological polar surface area (TPSA) is 67.2 Å². The van der Waals surface area contributed by atoms with Crippen LogP contribution in [0.1, 0.15) is 42.1 Å². The highest BCUT2D eigenvalue weighted by Gasteiger charge is 2.21. The molecule has 2 atom stereocenters. The Morgan fingerprint density at radius 1 is 1.42 bits per heavy atom. The summed E-state index contributed by atoms with van der Waals surface area (Å²) in [5.41, 5.74) is 5.13. The molecule has 4 heteroatoms. The van der Waals surface area contributed by atoms with Crippen molar-refractivity contribution < 1.29 is 4.79 Å². The summed E-state index contributed by atoms with van der Waals surface area (Å²) in [5.74, 6) is 6.83. The summed E-state index contributed by atoms with van der Waals surface area (Å²) in [5, 5.41) is 3.04. The number of anilines is 1. The molecule has 0 radical (unpaired) electrons. The van der Waals surface area contributed by atoms with Crippen molar-refractivity contribution in [3.63, 3.8) is 0 Å². The van der Waals surface area contributed by atoms with Crippen LogP contribution in [0.5, 0.6) is 0 Å². The predicted octanol–water partition coefficient (Wildman–Crippen LogP) is 2.45. The smallest absolute Gasteiger partial charge is 0.251 e. The van der Waals surface area contributed by atoms with E-state index in [1.54, 1.807) is 6.07 Å². The average Bonchev–Trinajstić information content (AvgIpc) is 2.81. The van der Waals surface area contributed by atoms with Gasteiger partial charge < -0.3 is 10.7 Å². The molecule has 0 heterocycles. The van der Waals surface area contributed by atoms with Crippen molar-refractivity contribution in [2.45, 2.75) is 33.1 Å². The van der Waals surface area contributed by atoms with Gasteiger partial charge in [-0.2, -0.15) is 0 Å². The molecule has 19 heavy (non-hydrogen) atoms. The van der Waals surface area contributed by atoms with E-state index in [4.69, 9.17) is 5.84 Å². The van der Waals surface area contributed by atoms with Crippen molar-refractivity contribution in [1.82, 2.24) is 5.32 Å². The Morgan fingerprint density at radius 2 is 2.21 bits per heavy atom. The summed E-state index contributed by atoms with van der Waals surface area (Å²) in [4.78, 5) is 12.1. The largest absolute Gasteiger partial charge is 0.352 e. The molecule has 1 aliphatic carbocycles. The van der Waals surface area contributed by atoms with E-state index < -0.39 is 0 Å². The van der Waals surface area contributed by atoms with E-state index in [9.17, 15) is 4.79 Å². The van der Waals surface area contributed by atoms with Gasteiger partial charge in [0.15, 0.2) is 0 Å². The molecule has 1 fully saturated rings. The van der Waals surface area contributed by atoms with Gasteiger partial charge >= 0.3 is 0 Å². The summed E-state index contributed by atoms with van der Waals surface area (Å²) >= 11 is 0. The lowest BCUT2D eigenvalue weighted by Gasteiger charge is -2.12. The van der Waals surface area contributed by atoms with Gasteiger partial charge in [0.05, 0.1) is 5.69 Å². The van der Waals surface area contributed by atoms with Gasteiger partial charge in [-0.3, -0.25) is 10.6 Å². The number of carbonyl (C=O) groups excluding carboxylic acids is 1. The third-order valence-corrected chi connectivity index (χ3v) is 4.00. The van der Waals surface area contributed by atoms with E-state index in [1.807, 2.05) is 19.1 Å². The maximum atomic E-state index is 12.1. The molecule has 0 aliphatic heterocycles. The van der Waals surface area contributed by atoms with Crippen LogP contribution in [0.15, 0.2) is 18.2 Å². The molecule has 0 spiro atoms. The second-order valence-electron chi connectivity index (χ2n) is 5.67. The fourth-order valence-corrected chi connectivity index (χ4v) is 2.82. The van der Waals surface area contributed by atoms with Crippen LogP contribution in [0, 0.1) is 18.8 Å². The Bertz CT molecular complexity index is 459. The lowest BCUT2D eigenvalue weighted by atomic mass is 10.1. The average molecular weight is 261 g/mol. The minimum atomic E-state index is 0.00576. The first-order valence-electron chi connectivity index (χ1n) is 6.95. The third-order valence-electron chi connectivity index (χ3n) is 4.00. The first-order chi connectivity index (χ1) is 9.10. The summed E-state index contributed by atoms with van der Waals surface area (Å²) in [6.07, 6.45) is 3.75. The zero-order valence-electron chi connectivity index (χ0n) is 11.7. The molecule has 104 valence electrons. The quantitative estimate of drug-likeness (QED) is 0.576. The summed E-state index contributed by atoms with van der Waals surface area (Å²) < 4.78 is 0. The van der Waals surface area contributed by atoms with Crippen LogP contribution in [0.2, 0.25) is 0 Å². The Hall–Kier alpha value is -1.55. The van der Waals surface area contributed by atoms with Crippen molar-refractivity contribution in [1.29, 1.82) is 0 Å². The van der Waals surface area contributed by atoms with Gasteiger partial charge in [0.2, 0.25) is 0 Å². The Balaban J connectivity index is 1.91. The molecule has 1 aromatic carbocycles. The van der Waals surface area contributed by atoms with Crippen molar-refractivity contribution in [2.24, 2.45) is 17.7 Å². The van der Waals surface area contributed by atoms with Crippen LogP contribution in [-0.2, 0) is 0 Å². The SMILES string of the molecule is Cc1cc(C(=O)NCC2CCC(C)C2)ccc1NN. The maximum absolute atomic E-state index is 12.1. The standard InChI is InChI=1S/C15H23N3O/c1-10-3-4-12(7-10)9-17-15(19)13-5-6-14(18-16)11(2)8-13/h5-6,8,10,12,18H,3-4,7,9,16H2,1-2H3,(H,17,19). The van der Waals surface area contributed by atoms with Gasteiger partial charge in [-0.05, 0) is 55.4 Å². The van der Waals surface area contributed by atoms with Crippen LogP contribution >= 0.6 is 0 Å². The molecule has 4 N–H and O–H groups in total. The number of hydrazine groups is 1. The van der Waals surface area contributed by atoms with Crippen molar-refractivity contribution in [2.75, 3.05) is 12.0 Å². The van der Waals surface area contributed by atoms with Crippen molar-refractivity contribution in [3.8, 4) is 0 Å². The normalized spacial score (nSPS) is 22.3. The minimum absolute atomic E-state index is 0.00576. The molecule has 2 unspecified atom stereocenters. The summed E-state index contributed by atoms with van der Waals surface area (Å²) in [6, 6.07) is 5.50. The van der Waals surface area contributed by atoms with E-state index >= 15 is 0 Å². The number of hydrogen-bond acceptors (Lipinski definition) is 3. The second kappa shape index (κ2) is 6.06. The van der Waals surface area contributed by atoms with E-state index in [1.165, 1.54) is 19.3 Å². The van der Waals surface area contributed by atoms with Crippen LogP contribution < -0.4 is 16.6 Å². The zero-order chi connectivity index (χ0) is 13.8. The number of amides is 1. The molecule has 0 bridgehead atoms. The van der Waals surface area contributed by atoms with Gasteiger partial charge in [-0.25, -0.2) is 0 Å². The number of benzene rings is 1. The molecule has 0 saturated heterocycles. The number of nitrogens with two attached hydrogens (primary N) is 1. The Labute approximate surface area is 114 Å². The maximum Gasteiger partial charge on any atom is 0.251 e. The lowest BCUT2D eigenvalue weighted by Crippen LogP contribution is -2.28. The highest BCUT2D eigenvalue weighted by Crippen LogP contribution is 2.29. The highest BCUT2D eigenvalue weighted by molar-refractivity contribution is 5.94. The zero-order valence-corrected chi connectivity index (χ0v) is 11.7. The molecular weight excluding hydrogens is 238 g/mol. The Kier molecular flexibility index (Phi) is 4.43. The van der Waals surface area contributed by atoms with Gasteiger partial charge in [0, 0.05) is 12.1 Å². The lowest BCUT2D eigenvalue weighted by molar-refractivity contribution is 0.0947. The summed E-state index contributed by atoms with van der Waals surface area (Å²) in [7, 11) is 0. The third kappa shape index (κ3) is 3.47. The number of carbonyl (C=O) groups is 1. The number of rotatable bonds is 4. The highest BCUT2D eigenvalue weighted by atomic mass is 16.1. The first-order valence-corrected chi connectivity index (χ1v) is 6.95. The van der Waals surface area contributed by atoms with E-state index in [2.05, 4.69) is 17.7 Å². The molecule has 1 saturated carbocycles. The van der Waals surface area contributed by atoms with Crippen molar-refractivity contribution in [3.05, 3.63) is 29.3 Å². The molecular formula is C15H23N3O. The van der Waals surface area contributed by atoms with Crippen LogP contribution in [0.4, 0.5) is 5.69 Å². The van der Waals surface area contributed by atoms with Gasteiger partial charge in [-0.1, -0.05) is 13.3 Å². The van der Waals surface area contributed by atoms with Crippen molar-refractivity contribution >= 4 is 11.6 Å². The Morgan fingerprint density at radius 3 is 2.79 bits per heavy atom. The first kappa shape index (κ1) is 13.9. The van der Waals surface area contributed by atoms with E-state index in [0.717, 1.165) is 23.7 Å². The van der Waals surface area contributed by atoms with Crippen LogP contribution in [0.25, 0.3) is 0 Å². The molecule has 1 amide bonds. The number of nitrogen functional groups attached to an aromatic ring is 1. The summed E-state index contributed by atoms with van der Waals surface area (Å²) in [6.45, 7) is 5.01. The molecule has 4 nitrogen and oxygen atoms in total. The predicted molar refractivity (Wildman–Crippen MR) is 77.8 cm³/mol. The molecule has 2 rings (SSSR count). The molecule has 1 aliphatic rings. The van der Waals surface area contributed by atoms with Crippen LogP contribution in [0.3, 0.4) is 0 Å². The molecule has 0 aromatic heterocycles. The van der Waals surface area contributed by atoms with Crippen LogP contribution in [-0.4, -0.2) is 12.5 Å². The fraction of sp³-hybridized carbons (Fsp3) is 0.533. The number of hydrogen-bond donors (Lipinski definition) is 3. The van der Waals surface area contributed by atoms with E-state index in [0.29, 0.717) is 11.5 Å². The molecule has 1 aromatic rings. The minimum Gasteiger partial charge on any atom is -0.352 e. The second-order valence-corrected chi connectivity index (χ2v) is 5.67. The fourth-order valence-electron chi connectivity index (χ4n) is 2.82. The van der Waals surface area contributed by atoms with E-state index in [-0.39, 0.29) is 5.91 Å². The monoisotopic (exact) mass is 261 g/mol. The van der Waals surface area contributed by atoms with Gasteiger partial charge in [-0.15, -0.1) is 0 Å².